The van der Waals surface area contributed by atoms with Gasteiger partial charge in [0.2, 0.25) is 0 Å². The van der Waals surface area contributed by atoms with Gasteiger partial charge in [0, 0.05) is 31.8 Å². The molecule has 2 aromatic heterocycles. The number of thiazole rings is 1. The molecule has 0 fully saturated rings. The van der Waals surface area contributed by atoms with Gasteiger partial charge in [-0.2, -0.15) is 10.1 Å². The molecule has 9 heteroatoms. The third-order valence-electron chi connectivity index (χ3n) is 3.53. The average molecular weight is 331 g/mol. The number of amides is 1. The smallest absolute Gasteiger partial charge is 0.298 e. The van der Waals surface area contributed by atoms with Crippen molar-refractivity contribution >= 4 is 33.1 Å². The molecule has 0 aliphatic rings. The molecule has 8 nitrogen and oxygen atoms in total. The van der Waals surface area contributed by atoms with Crippen LogP contribution in [0.4, 0.5) is 5.69 Å². The Kier molecular flexibility index (Phi) is 3.57. The number of rotatable bonds is 2. The van der Waals surface area contributed by atoms with E-state index in [2.05, 4.69) is 10.1 Å². The molecule has 0 aliphatic carbocycles. The zero-order valence-corrected chi connectivity index (χ0v) is 13.5. The molecule has 0 radical (unpaired) electrons. The molecule has 0 bridgehead atoms. The summed E-state index contributed by atoms with van der Waals surface area (Å²) in [6, 6.07) is 4.58. The number of benzene rings is 1. The molecule has 23 heavy (non-hydrogen) atoms. The minimum absolute atomic E-state index is 0.0136. The Labute approximate surface area is 134 Å². The Morgan fingerprint density at radius 1 is 1.39 bits per heavy atom. The minimum atomic E-state index is -0.444. The summed E-state index contributed by atoms with van der Waals surface area (Å²) in [6.45, 7) is 1.80. The van der Waals surface area contributed by atoms with Crippen molar-refractivity contribution in [2.45, 2.75) is 6.92 Å². The van der Waals surface area contributed by atoms with Crippen molar-refractivity contribution in [1.29, 1.82) is 0 Å². The number of hydrogen-bond acceptors (Lipinski definition) is 5. The van der Waals surface area contributed by atoms with Crippen molar-refractivity contribution in [1.82, 2.24) is 14.3 Å². The van der Waals surface area contributed by atoms with Gasteiger partial charge in [-0.1, -0.05) is 11.3 Å². The number of hydrogen-bond donors (Lipinski definition) is 0. The number of non-ortho nitro benzene ring substituents is 1. The number of aromatic nitrogens is 3. The Morgan fingerprint density at radius 3 is 2.74 bits per heavy atom. The Morgan fingerprint density at radius 2 is 2.13 bits per heavy atom. The second kappa shape index (κ2) is 5.43. The van der Waals surface area contributed by atoms with Crippen LogP contribution in [-0.2, 0) is 14.1 Å². The van der Waals surface area contributed by atoms with Crippen molar-refractivity contribution in [2.75, 3.05) is 0 Å². The van der Waals surface area contributed by atoms with Gasteiger partial charge in [-0.25, -0.2) is 0 Å². The van der Waals surface area contributed by atoms with Crippen LogP contribution >= 0.6 is 11.3 Å². The van der Waals surface area contributed by atoms with E-state index in [-0.39, 0.29) is 11.6 Å². The van der Waals surface area contributed by atoms with Crippen LogP contribution in [0.15, 0.2) is 29.4 Å². The summed E-state index contributed by atoms with van der Waals surface area (Å²) in [4.78, 5) is 27.4. The fourth-order valence-corrected chi connectivity index (χ4v) is 3.39. The van der Waals surface area contributed by atoms with Crippen LogP contribution in [0.3, 0.4) is 0 Å². The molecule has 118 valence electrons. The summed E-state index contributed by atoms with van der Waals surface area (Å²) in [5, 5.41) is 14.9. The summed E-state index contributed by atoms with van der Waals surface area (Å²) in [5.41, 5.74) is 1.97. The Bertz CT molecular complexity index is 992. The molecule has 3 rings (SSSR count). The van der Waals surface area contributed by atoms with Crippen LogP contribution in [0.5, 0.6) is 0 Å². The lowest BCUT2D eigenvalue weighted by molar-refractivity contribution is -0.384. The zero-order chi connectivity index (χ0) is 16.7. The zero-order valence-electron chi connectivity index (χ0n) is 12.7. The number of aryl methyl sites for hydroxylation is 3. The van der Waals surface area contributed by atoms with Gasteiger partial charge in [0.1, 0.15) is 5.69 Å². The predicted molar refractivity (Wildman–Crippen MR) is 85.3 cm³/mol. The van der Waals surface area contributed by atoms with E-state index in [1.54, 1.807) is 37.8 Å². The van der Waals surface area contributed by atoms with Gasteiger partial charge in [0.25, 0.3) is 11.6 Å². The maximum atomic E-state index is 12.4. The number of nitro groups is 1. The standard InChI is InChI=1S/C14H13N5O3S/c1-8-7-15-18(3)12(8)13(20)16-14-17(2)10-5-4-9(19(21)22)6-11(10)23-14/h4-7H,1-3H3. The summed E-state index contributed by atoms with van der Waals surface area (Å²) in [6.07, 6.45) is 1.61. The molecule has 1 aromatic carbocycles. The lowest BCUT2D eigenvalue weighted by Gasteiger charge is -1.98. The van der Waals surface area contributed by atoms with Gasteiger partial charge in [-0.05, 0) is 13.0 Å². The van der Waals surface area contributed by atoms with Crippen LogP contribution in [0.2, 0.25) is 0 Å². The fraction of sp³-hybridized carbons (Fsp3) is 0.214. The summed E-state index contributed by atoms with van der Waals surface area (Å²) in [7, 11) is 3.46. The van der Waals surface area contributed by atoms with Gasteiger partial charge in [0.05, 0.1) is 21.3 Å². The number of nitro benzene ring substituents is 1. The van der Waals surface area contributed by atoms with E-state index in [0.29, 0.717) is 15.2 Å². The molecule has 0 saturated carbocycles. The molecule has 0 N–H and O–H groups in total. The molecular weight excluding hydrogens is 318 g/mol. The van der Waals surface area contributed by atoms with E-state index >= 15 is 0 Å². The number of nitrogens with zero attached hydrogens (tertiary/aromatic N) is 5. The third kappa shape index (κ3) is 2.55. The van der Waals surface area contributed by atoms with Crippen molar-refractivity contribution < 1.29 is 9.72 Å². The second-order valence-electron chi connectivity index (χ2n) is 5.07. The number of fused-ring (bicyclic) bond motifs is 1. The van der Waals surface area contributed by atoms with Gasteiger partial charge in [-0.3, -0.25) is 19.6 Å². The first-order valence-electron chi connectivity index (χ1n) is 6.70. The largest absolute Gasteiger partial charge is 0.319 e. The summed E-state index contributed by atoms with van der Waals surface area (Å²) >= 11 is 1.23. The first kappa shape index (κ1) is 15.1. The highest BCUT2D eigenvalue weighted by atomic mass is 32.1. The molecule has 0 spiro atoms. The minimum Gasteiger partial charge on any atom is -0.319 e. The van der Waals surface area contributed by atoms with Crippen molar-refractivity contribution in [3.8, 4) is 0 Å². The maximum absolute atomic E-state index is 12.4. The first-order chi connectivity index (χ1) is 10.9. The Hall–Kier alpha value is -2.81. The van der Waals surface area contributed by atoms with E-state index in [4.69, 9.17) is 0 Å². The number of carbonyl (C=O) groups excluding carboxylic acids is 1. The average Bonchev–Trinajstić information content (AvgIpc) is 2.99. The molecule has 0 saturated heterocycles. The topological polar surface area (TPSA) is 95.3 Å². The normalized spacial score (nSPS) is 12.0. The van der Waals surface area contributed by atoms with Gasteiger partial charge in [-0.15, -0.1) is 0 Å². The van der Waals surface area contributed by atoms with Crippen LogP contribution in [0.1, 0.15) is 16.1 Å². The molecular formula is C14H13N5O3S. The van der Waals surface area contributed by atoms with E-state index < -0.39 is 4.92 Å². The predicted octanol–water partition coefficient (Wildman–Crippen LogP) is 1.93. The van der Waals surface area contributed by atoms with Crippen molar-refractivity contribution in [3.63, 3.8) is 0 Å². The molecule has 3 aromatic rings. The molecule has 0 unspecified atom stereocenters. The second-order valence-corrected chi connectivity index (χ2v) is 6.08. The van der Waals surface area contributed by atoms with Crippen LogP contribution < -0.4 is 4.80 Å². The van der Waals surface area contributed by atoms with E-state index in [9.17, 15) is 14.9 Å². The summed E-state index contributed by atoms with van der Waals surface area (Å²) in [5.74, 6) is -0.390. The SMILES string of the molecule is Cc1cnn(C)c1C(=O)N=c1sc2cc([N+](=O)[O-])ccc2n1C. The van der Waals surface area contributed by atoms with E-state index in [1.165, 1.54) is 28.2 Å². The first-order valence-corrected chi connectivity index (χ1v) is 7.51. The molecule has 2 heterocycles. The van der Waals surface area contributed by atoms with E-state index in [0.717, 1.165) is 11.1 Å². The van der Waals surface area contributed by atoms with E-state index in [1.807, 2.05) is 0 Å². The van der Waals surface area contributed by atoms with Crippen LogP contribution in [0.25, 0.3) is 10.2 Å². The van der Waals surface area contributed by atoms with Gasteiger partial charge < -0.3 is 4.57 Å². The lowest BCUT2D eigenvalue weighted by atomic mass is 10.3. The van der Waals surface area contributed by atoms with Crippen LogP contribution in [0, 0.1) is 17.0 Å². The highest BCUT2D eigenvalue weighted by Crippen LogP contribution is 2.22. The highest BCUT2D eigenvalue weighted by molar-refractivity contribution is 7.16. The third-order valence-corrected chi connectivity index (χ3v) is 4.62. The van der Waals surface area contributed by atoms with Crippen LogP contribution in [-0.4, -0.2) is 25.2 Å². The molecule has 1 amide bonds. The molecule has 0 atom stereocenters. The van der Waals surface area contributed by atoms with Gasteiger partial charge in [0.15, 0.2) is 4.80 Å². The van der Waals surface area contributed by atoms with Crippen molar-refractivity contribution in [2.24, 2.45) is 19.1 Å². The Balaban J connectivity index is 2.14. The lowest BCUT2D eigenvalue weighted by Crippen LogP contribution is -2.15. The monoisotopic (exact) mass is 331 g/mol. The number of carbonyl (C=O) groups is 1. The summed E-state index contributed by atoms with van der Waals surface area (Å²) < 4.78 is 3.93. The quantitative estimate of drug-likeness (QED) is 0.529. The maximum Gasteiger partial charge on any atom is 0.298 e. The van der Waals surface area contributed by atoms with Gasteiger partial charge >= 0.3 is 0 Å². The fourth-order valence-electron chi connectivity index (χ4n) is 2.34. The molecule has 0 aliphatic heterocycles. The highest BCUT2D eigenvalue weighted by Gasteiger charge is 2.15. The van der Waals surface area contributed by atoms with Crippen molar-refractivity contribution in [3.05, 3.63) is 50.6 Å².